The minimum Gasteiger partial charge on any atom is -0.296 e. The maximum absolute atomic E-state index is 13.6. The van der Waals surface area contributed by atoms with E-state index in [4.69, 9.17) is 0 Å². The highest BCUT2D eigenvalue weighted by atomic mass is 19.1. The Labute approximate surface area is 152 Å². The fourth-order valence-electron chi connectivity index (χ4n) is 3.28. The van der Waals surface area contributed by atoms with Crippen molar-refractivity contribution in [2.45, 2.75) is 6.54 Å². The van der Waals surface area contributed by atoms with Gasteiger partial charge in [-0.1, -0.05) is 30.3 Å². The third kappa shape index (κ3) is 2.60. The molecule has 0 bridgehead atoms. The molecule has 7 heteroatoms. The first kappa shape index (κ1) is 15.5. The molecule has 2 aromatic carbocycles. The number of halogens is 1. The van der Waals surface area contributed by atoms with Gasteiger partial charge in [0.05, 0.1) is 24.0 Å². The molecule has 132 valence electrons. The van der Waals surface area contributed by atoms with Crippen LogP contribution in [0.25, 0.3) is 27.7 Å². The number of H-pyrrole nitrogens is 1. The van der Waals surface area contributed by atoms with Crippen LogP contribution >= 0.6 is 0 Å². The van der Waals surface area contributed by atoms with Crippen LogP contribution in [0.5, 0.6) is 0 Å². The van der Waals surface area contributed by atoms with Gasteiger partial charge in [-0.15, -0.1) is 0 Å². The Morgan fingerprint density at radius 3 is 2.85 bits per heavy atom. The summed E-state index contributed by atoms with van der Waals surface area (Å²) in [5.74, 6) is -0.339. The average Bonchev–Trinajstić information content (AvgIpc) is 3.27. The zero-order valence-electron chi connectivity index (χ0n) is 14.1. The summed E-state index contributed by atoms with van der Waals surface area (Å²) >= 11 is 0. The Balaban J connectivity index is 1.64. The van der Waals surface area contributed by atoms with Gasteiger partial charge in [0.15, 0.2) is 5.65 Å². The first-order valence-corrected chi connectivity index (χ1v) is 8.45. The fourth-order valence-corrected chi connectivity index (χ4v) is 3.28. The standard InChI is InChI=1S/C20H14FN5O/c21-15-6-3-5-13(8-15)17-11-23-26-19(27)9-16(24-20(17)26)12-25-18-7-2-1-4-14(18)10-22-25/h1-11,23H,12H2. The molecule has 6 nitrogen and oxygen atoms in total. The molecule has 0 radical (unpaired) electrons. The molecule has 0 aliphatic heterocycles. The summed E-state index contributed by atoms with van der Waals surface area (Å²) in [5, 5.41) is 8.30. The van der Waals surface area contributed by atoms with Crippen LogP contribution in [-0.2, 0) is 6.54 Å². The summed E-state index contributed by atoms with van der Waals surface area (Å²) < 4.78 is 16.8. The Morgan fingerprint density at radius 1 is 1.07 bits per heavy atom. The molecule has 0 saturated carbocycles. The fraction of sp³-hybridized carbons (Fsp3) is 0.0500. The molecule has 0 spiro atoms. The molecule has 5 aromatic rings. The number of para-hydroxylation sites is 1. The zero-order valence-corrected chi connectivity index (χ0v) is 14.1. The van der Waals surface area contributed by atoms with E-state index in [1.807, 2.05) is 28.9 Å². The Hall–Kier alpha value is -3.74. The SMILES string of the molecule is O=c1cc(Cn2ncc3ccccc32)nc2c(-c3cccc(F)c3)c[nH]n12. The topological polar surface area (TPSA) is 68.0 Å². The molecule has 27 heavy (non-hydrogen) atoms. The lowest BCUT2D eigenvalue weighted by atomic mass is 10.1. The summed E-state index contributed by atoms with van der Waals surface area (Å²) in [4.78, 5) is 17.1. The van der Waals surface area contributed by atoms with Crippen LogP contribution < -0.4 is 5.56 Å². The number of aromatic amines is 1. The zero-order chi connectivity index (χ0) is 18.4. The van der Waals surface area contributed by atoms with Crippen molar-refractivity contribution in [3.63, 3.8) is 0 Å². The molecule has 1 N–H and O–H groups in total. The summed E-state index contributed by atoms with van der Waals surface area (Å²) in [6.45, 7) is 0.368. The molecule has 0 atom stereocenters. The van der Waals surface area contributed by atoms with Crippen LogP contribution in [0.1, 0.15) is 5.69 Å². The van der Waals surface area contributed by atoms with Gasteiger partial charge in [0.1, 0.15) is 5.82 Å². The van der Waals surface area contributed by atoms with Gasteiger partial charge >= 0.3 is 0 Å². The van der Waals surface area contributed by atoms with Gasteiger partial charge in [0, 0.05) is 23.2 Å². The Bertz CT molecular complexity index is 1350. The molecule has 0 fully saturated rings. The van der Waals surface area contributed by atoms with Crippen molar-refractivity contribution in [2.75, 3.05) is 0 Å². The van der Waals surface area contributed by atoms with Crippen molar-refractivity contribution in [3.8, 4) is 11.1 Å². The molecule has 3 heterocycles. The Kier molecular flexibility index (Phi) is 3.39. The monoisotopic (exact) mass is 359 g/mol. The summed E-state index contributed by atoms with van der Waals surface area (Å²) in [5.41, 5.74) is 3.11. The molecular formula is C20H14FN5O. The number of rotatable bonds is 3. The lowest BCUT2D eigenvalue weighted by Gasteiger charge is -2.05. The van der Waals surface area contributed by atoms with Gasteiger partial charge in [-0.05, 0) is 23.8 Å². The van der Waals surface area contributed by atoms with Crippen molar-refractivity contribution < 1.29 is 4.39 Å². The molecular weight excluding hydrogens is 345 g/mol. The van der Waals surface area contributed by atoms with Crippen molar-refractivity contribution in [2.24, 2.45) is 0 Å². The van der Waals surface area contributed by atoms with Gasteiger partial charge in [-0.25, -0.2) is 13.9 Å². The molecule has 0 aliphatic rings. The first-order valence-electron chi connectivity index (χ1n) is 8.45. The van der Waals surface area contributed by atoms with E-state index >= 15 is 0 Å². The van der Waals surface area contributed by atoms with E-state index < -0.39 is 0 Å². The minimum atomic E-state index is -0.339. The predicted octanol–water partition coefficient (Wildman–Crippen LogP) is 3.23. The number of hydrogen-bond donors (Lipinski definition) is 1. The van der Waals surface area contributed by atoms with E-state index in [9.17, 15) is 9.18 Å². The number of aromatic nitrogens is 5. The molecule has 0 unspecified atom stereocenters. The van der Waals surface area contributed by atoms with E-state index in [0.29, 0.717) is 29.0 Å². The summed E-state index contributed by atoms with van der Waals surface area (Å²) in [6.07, 6.45) is 3.45. The Morgan fingerprint density at radius 2 is 1.96 bits per heavy atom. The summed E-state index contributed by atoms with van der Waals surface area (Å²) in [7, 11) is 0. The van der Waals surface area contributed by atoms with Gasteiger partial charge in [0.25, 0.3) is 5.56 Å². The van der Waals surface area contributed by atoms with E-state index in [1.165, 1.54) is 22.7 Å². The van der Waals surface area contributed by atoms with Crippen molar-refractivity contribution in [1.29, 1.82) is 0 Å². The average molecular weight is 359 g/mol. The largest absolute Gasteiger partial charge is 0.296 e. The number of nitrogens with zero attached hydrogens (tertiary/aromatic N) is 4. The second-order valence-corrected chi connectivity index (χ2v) is 6.30. The van der Waals surface area contributed by atoms with Crippen LogP contribution in [0.3, 0.4) is 0 Å². The van der Waals surface area contributed by atoms with E-state index in [0.717, 1.165) is 10.9 Å². The van der Waals surface area contributed by atoms with Crippen LogP contribution in [0, 0.1) is 5.82 Å². The lowest BCUT2D eigenvalue weighted by Crippen LogP contribution is -2.17. The minimum absolute atomic E-state index is 0.228. The predicted molar refractivity (Wildman–Crippen MR) is 100 cm³/mol. The van der Waals surface area contributed by atoms with E-state index in [-0.39, 0.29) is 11.4 Å². The summed E-state index contributed by atoms with van der Waals surface area (Å²) in [6, 6.07) is 15.6. The van der Waals surface area contributed by atoms with Crippen molar-refractivity contribution in [1.82, 2.24) is 24.4 Å². The van der Waals surface area contributed by atoms with Gasteiger partial charge in [-0.2, -0.15) is 5.10 Å². The number of hydrogen-bond acceptors (Lipinski definition) is 3. The molecule has 3 aromatic heterocycles. The second-order valence-electron chi connectivity index (χ2n) is 6.30. The van der Waals surface area contributed by atoms with Crippen molar-refractivity contribution >= 4 is 16.6 Å². The normalized spacial score (nSPS) is 11.4. The highest BCUT2D eigenvalue weighted by Gasteiger charge is 2.12. The number of benzene rings is 2. The molecule has 0 amide bonds. The number of fused-ring (bicyclic) bond motifs is 2. The van der Waals surface area contributed by atoms with Gasteiger partial charge in [0.2, 0.25) is 0 Å². The van der Waals surface area contributed by atoms with E-state index in [2.05, 4.69) is 15.2 Å². The quantitative estimate of drug-likeness (QED) is 0.538. The molecule has 0 saturated heterocycles. The lowest BCUT2D eigenvalue weighted by molar-refractivity contribution is 0.628. The highest BCUT2D eigenvalue weighted by Crippen LogP contribution is 2.23. The highest BCUT2D eigenvalue weighted by molar-refractivity contribution is 5.78. The van der Waals surface area contributed by atoms with Crippen LogP contribution in [0.4, 0.5) is 4.39 Å². The number of nitrogens with one attached hydrogen (secondary N) is 1. The third-order valence-electron chi connectivity index (χ3n) is 4.55. The van der Waals surface area contributed by atoms with Crippen LogP contribution in [0.2, 0.25) is 0 Å². The molecule has 5 rings (SSSR count). The smallest absolute Gasteiger partial charge is 0.272 e. The maximum Gasteiger partial charge on any atom is 0.272 e. The van der Waals surface area contributed by atoms with E-state index in [1.54, 1.807) is 24.5 Å². The molecule has 0 aliphatic carbocycles. The first-order chi connectivity index (χ1) is 13.2. The van der Waals surface area contributed by atoms with Gasteiger partial charge in [-0.3, -0.25) is 14.6 Å². The van der Waals surface area contributed by atoms with Crippen LogP contribution in [-0.4, -0.2) is 24.4 Å². The van der Waals surface area contributed by atoms with Crippen molar-refractivity contribution in [3.05, 3.63) is 88.9 Å². The third-order valence-corrected chi connectivity index (χ3v) is 4.55. The van der Waals surface area contributed by atoms with Crippen LogP contribution in [0.15, 0.2) is 71.8 Å². The van der Waals surface area contributed by atoms with Gasteiger partial charge < -0.3 is 0 Å². The second kappa shape index (κ2) is 5.91. The maximum atomic E-state index is 13.6.